The molecule has 4 heteroatoms. The van der Waals surface area contributed by atoms with Crippen molar-refractivity contribution in [2.75, 3.05) is 13.7 Å². The second kappa shape index (κ2) is 1.63. The number of aliphatic hydroxyl groups excluding tert-OH is 1. The maximum Gasteiger partial charge on any atom is 0.411 e. The Morgan fingerprint density at radius 2 is 2.62 bits per heavy atom. The maximum atomic E-state index is 10.3. The van der Waals surface area contributed by atoms with Gasteiger partial charge in [-0.3, -0.25) is 4.90 Å². The molecule has 1 aliphatic rings. The molecule has 0 aliphatic carbocycles. The van der Waals surface area contributed by atoms with Crippen LogP contribution in [0.3, 0.4) is 0 Å². The van der Waals surface area contributed by atoms with Crippen molar-refractivity contribution in [2.45, 2.75) is 6.23 Å². The first-order chi connectivity index (χ1) is 3.72. The molecular weight excluding hydrogens is 110 g/mol. The lowest BCUT2D eigenvalue weighted by molar-refractivity contribution is 0.0740. The summed E-state index contributed by atoms with van der Waals surface area (Å²) >= 11 is 0. The summed E-state index contributed by atoms with van der Waals surface area (Å²) in [5.41, 5.74) is 0. The minimum atomic E-state index is -0.748. The van der Waals surface area contributed by atoms with Gasteiger partial charge in [-0.25, -0.2) is 4.79 Å². The Kier molecular flexibility index (Phi) is 1.09. The van der Waals surface area contributed by atoms with Gasteiger partial charge in [-0.1, -0.05) is 0 Å². The summed E-state index contributed by atoms with van der Waals surface area (Å²) in [6.45, 7) is 0.0926. The number of cyclic esters (lactones) is 1. The van der Waals surface area contributed by atoms with Crippen LogP contribution in [0.5, 0.6) is 0 Å². The third-order valence-electron chi connectivity index (χ3n) is 1.09. The highest BCUT2D eigenvalue weighted by atomic mass is 16.6. The predicted octanol–water partition coefficient (Wildman–Crippen LogP) is -0.613. The topological polar surface area (TPSA) is 49.8 Å². The molecule has 0 spiro atoms. The average Bonchev–Trinajstić information content (AvgIpc) is 1.98. The van der Waals surface area contributed by atoms with Gasteiger partial charge in [0, 0.05) is 7.05 Å². The normalized spacial score (nSPS) is 28.5. The molecule has 1 fully saturated rings. The molecule has 1 amide bonds. The lowest BCUT2D eigenvalue weighted by Gasteiger charge is -2.07. The number of rotatable bonds is 0. The van der Waals surface area contributed by atoms with Crippen LogP contribution in [0, 0.1) is 0 Å². The molecule has 1 saturated heterocycles. The van der Waals surface area contributed by atoms with E-state index in [2.05, 4.69) is 4.74 Å². The van der Waals surface area contributed by atoms with Crippen LogP contribution in [0.1, 0.15) is 0 Å². The second-order valence-corrected chi connectivity index (χ2v) is 1.67. The fourth-order valence-electron chi connectivity index (χ4n) is 0.481. The van der Waals surface area contributed by atoms with E-state index in [-0.39, 0.29) is 6.61 Å². The van der Waals surface area contributed by atoms with E-state index in [9.17, 15) is 4.79 Å². The van der Waals surface area contributed by atoms with E-state index in [1.165, 1.54) is 7.05 Å². The van der Waals surface area contributed by atoms with Crippen LogP contribution in [0.4, 0.5) is 4.79 Å². The van der Waals surface area contributed by atoms with E-state index in [1.807, 2.05) is 0 Å². The van der Waals surface area contributed by atoms with Gasteiger partial charge in [0.05, 0.1) is 0 Å². The van der Waals surface area contributed by atoms with Crippen molar-refractivity contribution in [1.29, 1.82) is 0 Å². The molecule has 8 heavy (non-hydrogen) atoms. The zero-order chi connectivity index (χ0) is 6.15. The standard InChI is InChI=1S/C4H7NO3/c1-5-3(6)2-8-4(5)7/h3,6H,2H2,1H3. The summed E-state index contributed by atoms with van der Waals surface area (Å²) in [5.74, 6) is 0. The molecule has 0 aromatic carbocycles. The number of hydrogen-bond donors (Lipinski definition) is 1. The highest BCUT2D eigenvalue weighted by Crippen LogP contribution is 2.04. The van der Waals surface area contributed by atoms with Crippen molar-refractivity contribution in [3.05, 3.63) is 0 Å². The molecule has 46 valence electrons. The molecule has 1 unspecified atom stereocenters. The zero-order valence-corrected chi connectivity index (χ0v) is 4.50. The van der Waals surface area contributed by atoms with Gasteiger partial charge in [-0.2, -0.15) is 0 Å². The minimum absolute atomic E-state index is 0.0926. The number of nitrogens with zero attached hydrogens (tertiary/aromatic N) is 1. The van der Waals surface area contributed by atoms with Crippen molar-refractivity contribution in [2.24, 2.45) is 0 Å². The summed E-state index contributed by atoms with van der Waals surface area (Å²) in [6, 6.07) is 0. The van der Waals surface area contributed by atoms with Crippen LogP contribution < -0.4 is 0 Å². The Morgan fingerprint density at radius 3 is 2.75 bits per heavy atom. The summed E-state index contributed by atoms with van der Waals surface area (Å²) < 4.78 is 4.41. The fourth-order valence-corrected chi connectivity index (χ4v) is 0.481. The first-order valence-corrected chi connectivity index (χ1v) is 2.29. The van der Waals surface area contributed by atoms with Gasteiger partial charge in [0.15, 0.2) is 6.23 Å². The van der Waals surface area contributed by atoms with E-state index in [0.717, 1.165) is 4.90 Å². The van der Waals surface area contributed by atoms with E-state index in [1.54, 1.807) is 0 Å². The monoisotopic (exact) mass is 117 g/mol. The Labute approximate surface area is 46.7 Å². The number of carbonyl (C=O) groups excluding carboxylic acids is 1. The largest absolute Gasteiger partial charge is 0.445 e. The highest BCUT2D eigenvalue weighted by Gasteiger charge is 2.26. The molecule has 1 atom stereocenters. The third-order valence-corrected chi connectivity index (χ3v) is 1.09. The van der Waals surface area contributed by atoms with E-state index in [4.69, 9.17) is 5.11 Å². The SMILES string of the molecule is CN1C(=O)OCC1O. The highest BCUT2D eigenvalue weighted by molar-refractivity contribution is 5.69. The van der Waals surface area contributed by atoms with Gasteiger partial charge in [0.25, 0.3) is 0 Å². The Morgan fingerprint density at radius 1 is 2.00 bits per heavy atom. The molecule has 0 bridgehead atoms. The van der Waals surface area contributed by atoms with Crippen molar-refractivity contribution in [3.63, 3.8) is 0 Å². The van der Waals surface area contributed by atoms with Gasteiger partial charge in [0.2, 0.25) is 0 Å². The number of hydrogen-bond acceptors (Lipinski definition) is 3. The Hall–Kier alpha value is -0.770. The first-order valence-electron chi connectivity index (χ1n) is 2.29. The average molecular weight is 117 g/mol. The second-order valence-electron chi connectivity index (χ2n) is 1.67. The molecule has 0 saturated carbocycles. The van der Waals surface area contributed by atoms with Gasteiger partial charge < -0.3 is 9.84 Å². The van der Waals surface area contributed by atoms with E-state index in [0.29, 0.717) is 0 Å². The van der Waals surface area contributed by atoms with Gasteiger partial charge in [0.1, 0.15) is 6.61 Å². The van der Waals surface area contributed by atoms with Crippen molar-refractivity contribution in [3.8, 4) is 0 Å². The van der Waals surface area contributed by atoms with Gasteiger partial charge >= 0.3 is 6.09 Å². The van der Waals surface area contributed by atoms with Crippen LogP contribution in [0.2, 0.25) is 0 Å². The molecule has 0 radical (unpaired) electrons. The molecular formula is C4H7NO3. The first kappa shape index (κ1) is 5.37. The quantitative estimate of drug-likeness (QED) is 0.460. The molecule has 1 aliphatic heterocycles. The van der Waals surface area contributed by atoms with Crippen LogP contribution >= 0.6 is 0 Å². The number of likely N-dealkylation sites (N-methyl/N-ethyl adjacent to an activating group) is 1. The molecule has 1 rings (SSSR count). The minimum Gasteiger partial charge on any atom is -0.445 e. The predicted molar refractivity (Wildman–Crippen MR) is 25.1 cm³/mol. The van der Waals surface area contributed by atoms with E-state index >= 15 is 0 Å². The van der Waals surface area contributed by atoms with Crippen LogP contribution in [0.25, 0.3) is 0 Å². The van der Waals surface area contributed by atoms with Crippen molar-refractivity contribution < 1.29 is 14.6 Å². The summed E-state index contributed by atoms with van der Waals surface area (Å²) in [7, 11) is 1.49. The molecule has 0 aromatic rings. The smallest absolute Gasteiger partial charge is 0.411 e. The van der Waals surface area contributed by atoms with Crippen LogP contribution in [0.15, 0.2) is 0 Å². The van der Waals surface area contributed by atoms with Crippen LogP contribution in [-0.2, 0) is 4.74 Å². The summed E-state index contributed by atoms with van der Waals surface area (Å²) in [4.78, 5) is 11.5. The zero-order valence-electron chi connectivity index (χ0n) is 4.50. The Balaban J connectivity index is 2.56. The summed E-state index contributed by atoms with van der Waals surface area (Å²) in [6.07, 6.45) is -1.21. The molecule has 0 aromatic heterocycles. The van der Waals surface area contributed by atoms with Gasteiger partial charge in [-0.05, 0) is 0 Å². The van der Waals surface area contributed by atoms with Gasteiger partial charge in [-0.15, -0.1) is 0 Å². The Bertz CT molecular complexity index is 114. The third kappa shape index (κ3) is 0.626. The number of amides is 1. The molecule has 1 heterocycles. The number of ether oxygens (including phenoxy) is 1. The van der Waals surface area contributed by atoms with E-state index < -0.39 is 12.3 Å². The number of carbonyl (C=O) groups is 1. The lowest BCUT2D eigenvalue weighted by atomic mass is 10.6. The molecule has 1 N–H and O–H groups in total. The maximum absolute atomic E-state index is 10.3. The lowest BCUT2D eigenvalue weighted by Crippen LogP contribution is -2.28. The van der Waals surface area contributed by atoms with Crippen molar-refractivity contribution in [1.82, 2.24) is 4.90 Å². The summed E-state index contributed by atoms with van der Waals surface area (Å²) in [5, 5.41) is 8.75. The van der Waals surface area contributed by atoms with Crippen LogP contribution in [-0.4, -0.2) is 36.0 Å². The van der Waals surface area contributed by atoms with Crippen molar-refractivity contribution >= 4 is 6.09 Å². The fraction of sp³-hybridized carbons (Fsp3) is 0.750. The molecule has 4 nitrogen and oxygen atoms in total. The number of aliphatic hydroxyl groups is 1.